The Morgan fingerprint density at radius 1 is 1.73 bits per heavy atom. The lowest BCUT2D eigenvalue weighted by Crippen LogP contribution is -2.14. The van der Waals surface area contributed by atoms with E-state index in [0.717, 1.165) is 12.2 Å². The van der Waals surface area contributed by atoms with E-state index in [1.54, 1.807) is 6.20 Å². The first-order valence-electron chi connectivity index (χ1n) is 3.41. The number of alkyl halides is 1. The normalized spacial score (nSPS) is 10.0. The lowest BCUT2D eigenvalue weighted by molar-refractivity contribution is 0.905. The number of nitrogens with one attached hydrogen (secondary N) is 1. The summed E-state index contributed by atoms with van der Waals surface area (Å²) in [5, 5.41) is 0.555. The molecule has 0 atom stereocenters. The molecule has 0 aliphatic rings. The molecule has 1 rings (SSSR count). The summed E-state index contributed by atoms with van der Waals surface area (Å²) in [5.74, 6) is 0.736. The standard InChI is InChI=1S/C7H9BrN2O/c1-2-6-9-4-5(3-8)7(11)10-6/h4H,2-3H2,1H3,(H,9,10,11). The Bertz CT molecular complexity index is 295. The van der Waals surface area contributed by atoms with Crippen molar-refractivity contribution >= 4 is 15.9 Å². The molecule has 11 heavy (non-hydrogen) atoms. The van der Waals surface area contributed by atoms with Gasteiger partial charge in [-0.2, -0.15) is 0 Å². The van der Waals surface area contributed by atoms with E-state index in [-0.39, 0.29) is 5.56 Å². The van der Waals surface area contributed by atoms with Gasteiger partial charge in [0.25, 0.3) is 5.56 Å². The molecule has 0 fully saturated rings. The summed E-state index contributed by atoms with van der Waals surface area (Å²) in [5.41, 5.74) is 0.621. The van der Waals surface area contributed by atoms with E-state index < -0.39 is 0 Å². The summed E-state index contributed by atoms with van der Waals surface area (Å²) < 4.78 is 0. The van der Waals surface area contributed by atoms with Crippen LogP contribution in [-0.2, 0) is 11.8 Å². The summed E-state index contributed by atoms with van der Waals surface area (Å²) in [4.78, 5) is 17.8. The Hall–Kier alpha value is -0.640. The fourth-order valence-electron chi connectivity index (χ4n) is 0.733. The number of hydrogen-bond acceptors (Lipinski definition) is 2. The average molecular weight is 217 g/mol. The monoisotopic (exact) mass is 216 g/mol. The molecule has 0 aliphatic heterocycles. The van der Waals surface area contributed by atoms with Crippen molar-refractivity contribution in [3.8, 4) is 0 Å². The zero-order valence-electron chi connectivity index (χ0n) is 6.22. The molecular weight excluding hydrogens is 208 g/mol. The number of nitrogens with zero attached hydrogens (tertiary/aromatic N) is 1. The number of H-pyrrole nitrogens is 1. The van der Waals surface area contributed by atoms with Crippen LogP contribution in [0.5, 0.6) is 0 Å². The van der Waals surface area contributed by atoms with Crippen molar-refractivity contribution in [3.63, 3.8) is 0 Å². The van der Waals surface area contributed by atoms with Gasteiger partial charge in [-0.15, -0.1) is 0 Å². The maximum atomic E-state index is 11.1. The van der Waals surface area contributed by atoms with E-state index in [1.807, 2.05) is 6.92 Å². The third kappa shape index (κ3) is 1.89. The topological polar surface area (TPSA) is 45.8 Å². The summed E-state index contributed by atoms with van der Waals surface area (Å²) in [7, 11) is 0. The van der Waals surface area contributed by atoms with Crippen molar-refractivity contribution in [3.05, 3.63) is 27.9 Å². The largest absolute Gasteiger partial charge is 0.310 e. The van der Waals surface area contributed by atoms with Gasteiger partial charge < -0.3 is 4.98 Å². The zero-order chi connectivity index (χ0) is 8.27. The zero-order valence-corrected chi connectivity index (χ0v) is 7.81. The highest BCUT2D eigenvalue weighted by Crippen LogP contribution is 1.96. The van der Waals surface area contributed by atoms with E-state index in [4.69, 9.17) is 0 Å². The Balaban J connectivity index is 3.10. The van der Waals surface area contributed by atoms with Crippen LogP contribution in [0.2, 0.25) is 0 Å². The molecule has 1 aromatic heterocycles. The van der Waals surface area contributed by atoms with Crippen molar-refractivity contribution in [1.29, 1.82) is 0 Å². The van der Waals surface area contributed by atoms with Crippen molar-refractivity contribution in [2.75, 3.05) is 0 Å². The number of halogens is 1. The first kappa shape index (κ1) is 8.46. The third-order valence-corrected chi connectivity index (χ3v) is 2.01. The highest BCUT2D eigenvalue weighted by atomic mass is 79.9. The predicted molar refractivity (Wildman–Crippen MR) is 46.9 cm³/mol. The highest BCUT2D eigenvalue weighted by molar-refractivity contribution is 9.08. The molecule has 60 valence electrons. The molecule has 1 N–H and O–H groups in total. The fraction of sp³-hybridized carbons (Fsp3) is 0.429. The van der Waals surface area contributed by atoms with Crippen molar-refractivity contribution in [1.82, 2.24) is 9.97 Å². The lowest BCUT2D eigenvalue weighted by atomic mass is 10.3. The summed E-state index contributed by atoms with van der Waals surface area (Å²) in [6.45, 7) is 1.95. The Morgan fingerprint density at radius 2 is 2.45 bits per heavy atom. The van der Waals surface area contributed by atoms with Gasteiger partial charge in [0.15, 0.2) is 0 Å². The van der Waals surface area contributed by atoms with Crippen LogP contribution in [0.4, 0.5) is 0 Å². The number of aryl methyl sites for hydroxylation is 1. The van der Waals surface area contributed by atoms with Gasteiger partial charge in [0.2, 0.25) is 0 Å². The van der Waals surface area contributed by atoms with Gasteiger partial charge in [-0.1, -0.05) is 22.9 Å². The van der Waals surface area contributed by atoms with Crippen LogP contribution < -0.4 is 5.56 Å². The number of hydrogen-bond donors (Lipinski definition) is 1. The van der Waals surface area contributed by atoms with E-state index in [2.05, 4.69) is 25.9 Å². The second kappa shape index (κ2) is 3.67. The summed E-state index contributed by atoms with van der Waals surface area (Å²) >= 11 is 3.19. The molecule has 4 heteroatoms. The van der Waals surface area contributed by atoms with Crippen LogP contribution in [0.1, 0.15) is 18.3 Å². The van der Waals surface area contributed by atoms with Gasteiger partial charge in [-0.3, -0.25) is 4.79 Å². The number of aromatic amines is 1. The van der Waals surface area contributed by atoms with E-state index in [1.165, 1.54) is 0 Å². The fourth-order valence-corrected chi connectivity index (χ4v) is 1.13. The number of aromatic nitrogens is 2. The molecular formula is C7H9BrN2O. The molecule has 0 spiro atoms. The highest BCUT2D eigenvalue weighted by Gasteiger charge is 1.98. The minimum absolute atomic E-state index is 0.0475. The smallest absolute Gasteiger partial charge is 0.254 e. The number of rotatable bonds is 2. The van der Waals surface area contributed by atoms with Crippen molar-refractivity contribution in [2.45, 2.75) is 18.7 Å². The van der Waals surface area contributed by atoms with Gasteiger partial charge in [0, 0.05) is 23.5 Å². The van der Waals surface area contributed by atoms with Crippen LogP contribution in [0, 0.1) is 0 Å². The van der Waals surface area contributed by atoms with Gasteiger partial charge in [0.1, 0.15) is 5.82 Å². The second-order valence-corrected chi connectivity index (χ2v) is 2.73. The van der Waals surface area contributed by atoms with Crippen LogP contribution in [0.3, 0.4) is 0 Å². The molecule has 0 saturated carbocycles. The van der Waals surface area contributed by atoms with Crippen LogP contribution >= 0.6 is 15.9 Å². The molecule has 1 aromatic rings. The SMILES string of the molecule is CCc1ncc(CBr)c(=O)[nH]1. The molecule has 0 amide bonds. The lowest BCUT2D eigenvalue weighted by Gasteiger charge is -1.96. The molecule has 0 radical (unpaired) electrons. The van der Waals surface area contributed by atoms with E-state index >= 15 is 0 Å². The predicted octanol–water partition coefficient (Wildman–Crippen LogP) is 1.23. The molecule has 0 aliphatic carbocycles. The molecule has 0 saturated heterocycles. The third-order valence-electron chi connectivity index (χ3n) is 1.40. The van der Waals surface area contributed by atoms with Gasteiger partial charge in [-0.25, -0.2) is 4.98 Å². The van der Waals surface area contributed by atoms with Crippen molar-refractivity contribution < 1.29 is 0 Å². The first-order chi connectivity index (χ1) is 5.27. The van der Waals surface area contributed by atoms with Gasteiger partial charge >= 0.3 is 0 Å². The quantitative estimate of drug-likeness (QED) is 0.757. The average Bonchev–Trinajstić information content (AvgIpc) is 2.04. The Labute approximate surface area is 73.0 Å². The maximum absolute atomic E-state index is 11.1. The first-order valence-corrected chi connectivity index (χ1v) is 4.53. The van der Waals surface area contributed by atoms with Gasteiger partial charge in [0.05, 0.1) is 0 Å². The van der Waals surface area contributed by atoms with Crippen LogP contribution in [-0.4, -0.2) is 9.97 Å². The summed E-state index contributed by atoms with van der Waals surface area (Å²) in [6.07, 6.45) is 2.37. The molecule has 0 aromatic carbocycles. The molecule has 0 unspecified atom stereocenters. The van der Waals surface area contributed by atoms with Crippen molar-refractivity contribution in [2.24, 2.45) is 0 Å². The molecule has 0 bridgehead atoms. The Morgan fingerprint density at radius 3 is 2.91 bits per heavy atom. The summed E-state index contributed by atoms with van der Waals surface area (Å²) in [6, 6.07) is 0. The maximum Gasteiger partial charge on any atom is 0.254 e. The van der Waals surface area contributed by atoms with Gasteiger partial charge in [-0.05, 0) is 0 Å². The second-order valence-electron chi connectivity index (χ2n) is 2.17. The van der Waals surface area contributed by atoms with E-state index in [9.17, 15) is 4.79 Å². The molecule has 1 heterocycles. The van der Waals surface area contributed by atoms with E-state index in [0.29, 0.717) is 10.9 Å². The van der Waals surface area contributed by atoms with Crippen LogP contribution in [0.15, 0.2) is 11.0 Å². The Kier molecular flexibility index (Phi) is 2.82. The van der Waals surface area contributed by atoms with Crippen LogP contribution in [0.25, 0.3) is 0 Å². The minimum atomic E-state index is -0.0475. The molecule has 3 nitrogen and oxygen atoms in total. The minimum Gasteiger partial charge on any atom is -0.310 e.